The first-order valence-electron chi connectivity index (χ1n) is 7.53. The molecule has 0 saturated carbocycles. The summed E-state index contributed by atoms with van der Waals surface area (Å²) in [5, 5.41) is 3.37. The third-order valence-corrected chi connectivity index (χ3v) is 4.91. The van der Waals surface area contributed by atoms with Gasteiger partial charge in [-0.3, -0.25) is 9.59 Å². The molecule has 3 rings (SSSR count). The Kier molecular flexibility index (Phi) is 3.93. The van der Waals surface area contributed by atoms with Crippen molar-refractivity contribution in [1.29, 1.82) is 0 Å². The monoisotopic (exact) mass is 329 g/mol. The molecule has 1 aromatic carbocycles. The molecule has 0 unspecified atom stereocenters. The summed E-state index contributed by atoms with van der Waals surface area (Å²) in [4.78, 5) is 31.6. The number of aromatic nitrogens is 1. The number of hydrogen-bond acceptors (Lipinski definition) is 4. The second kappa shape index (κ2) is 5.77. The van der Waals surface area contributed by atoms with Crippen molar-refractivity contribution in [2.45, 2.75) is 32.6 Å². The molecule has 1 aromatic heterocycles. The van der Waals surface area contributed by atoms with Crippen LogP contribution >= 0.6 is 11.3 Å². The number of amides is 2. The molecule has 0 spiro atoms. The highest BCUT2D eigenvalue weighted by Gasteiger charge is 2.43. The van der Waals surface area contributed by atoms with Gasteiger partial charge in [-0.1, -0.05) is 18.2 Å². The third-order valence-electron chi connectivity index (χ3n) is 4.08. The summed E-state index contributed by atoms with van der Waals surface area (Å²) in [6.07, 6.45) is 1.97. The molecule has 1 aliphatic heterocycles. The molecule has 0 bridgehead atoms. The van der Waals surface area contributed by atoms with Gasteiger partial charge in [0.25, 0.3) is 0 Å². The number of carbonyl (C=O) groups is 2. The summed E-state index contributed by atoms with van der Waals surface area (Å²) < 4.78 is 0. The Balaban J connectivity index is 1.69. The number of fused-ring (bicyclic) bond motifs is 1. The summed E-state index contributed by atoms with van der Waals surface area (Å²) in [6, 6.07) is 7.77. The average molecular weight is 329 g/mol. The molecule has 6 heteroatoms. The van der Waals surface area contributed by atoms with Gasteiger partial charge in [0.15, 0.2) is 5.13 Å². The normalized spacial score (nSPS) is 15.6. The lowest BCUT2D eigenvalue weighted by Crippen LogP contribution is -2.37. The van der Waals surface area contributed by atoms with E-state index in [0.717, 1.165) is 16.1 Å². The number of nitrogens with zero attached hydrogens (tertiary/aromatic N) is 2. The van der Waals surface area contributed by atoms with Crippen LogP contribution in [0.3, 0.4) is 0 Å². The van der Waals surface area contributed by atoms with Gasteiger partial charge in [-0.15, -0.1) is 11.3 Å². The van der Waals surface area contributed by atoms with E-state index >= 15 is 0 Å². The molecule has 2 amide bonds. The van der Waals surface area contributed by atoms with Gasteiger partial charge in [0.05, 0.1) is 5.41 Å². The maximum atomic E-state index is 12.6. The third kappa shape index (κ3) is 2.86. The number of carbonyl (C=O) groups excluding carboxylic acids is 2. The van der Waals surface area contributed by atoms with Crippen LogP contribution in [0.2, 0.25) is 0 Å². The average Bonchev–Trinajstić information content (AvgIpc) is 2.99. The zero-order valence-electron chi connectivity index (χ0n) is 13.4. The lowest BCUT2D eigenvalue weighted by Gasteiger charge is -2.20. The molecule has 2 aromatic rings. The Morgan fingerprint density at radius 1 is 1.35 bits per heavy atom. The number of hydrogen-bond donors (Lipinski definition) is 1. The first kappa shape index (κ1) is 15.7. The highest BCUT2D eigenvalue weighted by molar-refractivity contribution is 7.15. The maximum Gasteiger partial charge on any atom is 0.237 e. The van der Waals surface area contributed by atoms with Gasteiger partial charge in [0.2, 0.25) is 11.8 Å². The molecule has 1 aliphatic rings. The van der Waals surface area contributed by atoms with Gasteiger partial charge in [0.1, 0.15) is 0 Å². The predicted molar refractivity (Wildman–Crippen MR) is 91.9 cm³/mol. The molecular formula is C17H19N3O2S. The largest absolute Gasteiger partial charge is 0.311 e. The van der Waals surface area contributed by atoms with E-state index < -0.39 is 5.41 Å². The fourth-order valence-corrected chi connectivity index (χ4v) is 3.51. The Bertz CT molecular complexity index is 767. The lowest BCUT2D eigenvalue weighted by molar-refractivity contribution is -0.122. The van der Waals surface area contributed by atoms with Crippen molar-refractivity contribution in [2.75, 3.05) is 16.8 Å². The zero-order chi connectivity index (χ0) is 16.6. The van der Waals surface area contributed by atoms with Crippen LogP contribution in [-0.2, 0) is 15.0 Å². The van der Waals surface area contributed by atoms with E-state index in [4.69, 9.17) is 0 Å². The molecule has 0 radical (unpaired) electrons. The van der Waals surface area contributed by atoms with Crippen molar-refractivity contribution in [3.63, 3.8) is 0 Å². The Hall–Kier alpha value is -2.21. The summed E-state index contributed by atoms with van der Waals surface area (Å²) in [5.41, 5.74) is 1.38. The summed E-state index contributed by atoms with van der Waals surface area (Å²) in [6.45, 7) is 6.16. The van der Waals surface area contributed by atoms with Gasteiger partial charge in [0, 0.05) is 29.7 Å². The maximum absolute atomic E-state index is 12.6. The van der Waals surface area contributed by atoms with E-state index in [-0.39, 0.29) is 18.2 Å². The summed E-state index contributed by atoms with van der Waals surface area (Å²) >= 11 is 1.44. The van der Waals surface area contributed by atoms with Crippen LogP contribution in [0.25, 0.3) is 0 Å². The Labute approximate surface area is 139 Å². The number of anilines is 2. The number of nitrogens with one attached hydrogen (secondary N) is 1. The van der Waals surface area contributed by atoms with Gasteiger partial charge in [-0.25, -0.2) is 4.98 Å². The molecule has 0 aliphatic carbocycles. The molecule has 0 fully saturated rings. The molecule has 0 atom stereocenters. The minimum atomic E-state index is -0.542. The number of para-hydroxylation sites is 1. The first-order chi connectivity index (χ1) is 10.9. The number of aryl methyl sites for hydroxylation is 1. The highest BCUT2D eigenvalue weighted by Crippen LogP contribution is 2.41. The van der Waals surface area contributed by atoms with Gasteiger partial charge < -0.3 is 10.2 Å². The van der Waals surface area contributed by atoms with E-state index in [1.807, 2.05) is 45.0 Å². The van der Waals surface area contributed by atoms with E-state index in [1.54, 1.807) is 11.1 Å². The fourth-order valence-electron chi connectivity index (χ4n) is 2.83. The molecule has 2 heterocycles. The predicted octanol–water partition coefficient (Wildman–Crippen LogP) is 3.10. The number of thiazole rings is 1. The van der Waals surface area contributed by atoms with Crippen LogP contribution in [0.15, 0.2) is 30.5 Å². The SMILES string of the molecule is Cc1cnc(NC(=O)CCN2C(=O)C(C)(C)c3ccccc32)s1. The van der Waals surface area contributed by atoms with Crippen LogP contribution in [0.1, 0.15) is 30.7 Å². The molecule has 0 saturated heterocycles. The van der Waals surface area contributed by atoms with Crippen molar-refractivity contribution >= 4 is 34.0 Å². The number of rotatable bonds is 4. The van der Waals surface area contributed by atoms with Crippen LogP contribution in [0.4, 0.5) is 10.8 Å². The van der Waals surface area contributed by atoms with E-state index in [9.17, 15) is 9.59 Å². The molecule has 120 valence electrons. The lowest BCUT2D eigenvalue weighted by atomic mass is 9.86. The standard InChI is InChI=1S/C17H19N3O2S/c1-11-10-18-16(23-11)19-14(21)8-9-20-13-7-5-4-6-12(13)17(2,3)15(20)22/h4-7,10H,8-9H2,1-3H3,(H,18,19,21). The molecule has 23 heavy (non-hydrogen) atoms. The van der Waals surface area contributed by atoms with Crippen LogP contribution < -0.4 is 10.2 Å². The second-order valence-electron chi connectivity index (χ2n) is 6.17. The quantitative estimate of drug-likeness (QED) is 0.937. The van der Waals surface area contributed by atoms with Crippen LogP contribution in [0.5, 0.6) is 0 Å². The zero-order valence-corrected chi connectivity index (χ0v) is 14.2. The minimum absolute atomic E-state index is 0.0385. The Morgan fingerprint density at radius 3 is 2.78 bits per heavy atom. The second-order valence-corrected chi connectivity index (χ2v) is 7.41. The van der Waals surface area contributed by atoms with Crippen molar-refractivity contribution in [3.05, 3.63) is 40.9 Å². The highest BCUT2D eigenvalue weighted by atomic mass is 32.1. The van der Waals surface area contributed by atoms with E-state index in [2.05, 4.69) is 10.3 Å². The van der Waals surface area contributed by atoms with Crippen LogP contribution in [-0.4, -0.2) is 23.3 Å². The van der Waals surface area contributed by atoms with Crippen molar-refractivity contribution in [3.8, 4) is 0 Å². The topological polar surface area (TPSA) is 62.3 Å². The fraction of sp³-hybridized carbons (Fsp3) is 0.353. The molecular weight excluding hydrogens is 310 g/mol. The van der Waals surface area contributed by atoms with Gasteiger partial charge in [-0.05, 0) is 32.4 Å². The summed E-state index contributed by atoms with van der Waals surface area (Å²) in [5.74, 6) is -0.0917. The van der Waals surface area contributed by atoms with Gasteiger partial charge in [-0.2, -0.15) is 0 Å². The van der Waals surface area contributed by atoms with Crippen LogP contribution in [0, 0.1) is 6.92 Å². The van der Waals surface area contributed by atoms with Crippen molar-refractivity contribution < 1.29 is 9.59 Å². The van der Waals surface area contributed by atoms with Crippen molar-refractivity contribution in [2.24, 2.45) is 0 Å². The Morgan fingerprint density at radius 2 is 2.09 bits per heavy atom. The van der Waals surface area contributed by atoms with E-state index in [0.29, 0.717) is 11.7 Å². The molecule has 1 N–H and O–H groups in total. The summed E-state index contributed by atoms with van der Waals surface area (Å²) in [7, 11) is 0. The number of benzene rings is 1. The molecule has 5 nitrogen and oxygen atoms in total. The first-order valence-corrected chi connectivity index (χ1v) is 8.35. The smallest absolute Gasteiger partial charge is 0.237 e. The van der Waals surface area contributed by atoms with E-state index in [1.165, 1.54) is 11.3 Å². The minimum Gasteiger partial charge on any atom is -0.311 e. The van der Waals surface area contributed by atoms with Crippen molar-refractivity contribution in [1.82, 2.24) is 4.98 Å². The van der Waals surface area contributed by atoms with Gasteiger partial charge >= 0.3 is 0 Å².